The number of hydrogen-bond acceptors (Lipinski definition) is 3. The number of likely N-dealkylation sites (N-methyl/N-ethyl adjacent to an activating group) is 1. The second-order valence-electron chi connectivity index (χ2n) is 5.59. The highest BCUT2D eigenvalue weighted by atomic mass is 32.2. The van der Waals surface area contributed by atoms with Crippen molar-refractivity contribution in [2.24, 2.45) is 11.8 Å². The SMILES string of the molecule is CCNC(C1CCC(C)CC1)C1CSCCO1. The van der Waals surface area contributed by atoms with Gasteiger partial charge in [0.25, 0.3) is 0 Å². The number of hydrogen-bond donors (Lipinski definition) is 1. The minimum absolute atomic E-state index is 0.451. The normalized spacial score (nSPS) is 36.7. The molecule has 0 amide bonds. The summed E-state index contributed by atoms with van der Waals surface area (Å²) < 4.78 is 5.99. The van der Waals surface area contributed by atoms with Crippen molar-refractivity contribution in [1.82, 2.24) is 5.32 Å². The van der Waals surface area contributed by atoms with Gasteiger partial charge in [-0.05, 0) is 31.2 Å². The van der Waals surface area contributed by atoms with Gasteiger partial charge in [0.15, 0.2) is 0 Å². The molecule has 2 fully saturated rings. The summed E-state index contributed by atoms with van der Waals surface area (Å²) in [6.45, 7) is 6.63. The third-order valence-electron chi connectivity index (χ3n) is 4.25. The van der Waals surface area contributed by atoms with E-state index < -0.39 is 0 Å². The first-order chi connectivity index (χ1) is 8.31. The molecule has 2 rings (SSSR count). The van der Waals surface area contributed by atoms with E-state index in [0.717, 1.165) is 25.0 Å². The molecule has 1 heterocycles. The lowest BCUT2D eigenvalue weighted by molar-refractivity contribution is 0.0215. The van der Waals surface area contributed by atoms with Gasteiger partial charge >= 0.3 is 0 Å². The van der Waals surface area contributed by atoms with Crippen LogP contribution in [0, 0.1) is 11.8 Å². The second-order valence-corrected chi connectivity index (χ2v) is 6.74. The number of rotatable bonds is 4. The molecule has 1 aliphatic carbocycles. The molecule has 1 saturated heterocycles. The maximum atomic E-state index is 5.99. The Kier molecular flexibility index (Phi) is 5.64. The summed E-state index contributed by atoms with van der Waals surface area (Å²) in [7, 11) is 0. The van der Waals surface area contributed by atoms with Crippen LogP contribution >= 0.6 is 11.8 Å². The molecule has 100 valence electrons. The molecule has 1 aliphatic heterocycles. The Morgan fingerprint density at radius 3 is 2.65 bits per heavy atom. The van der Waals surface area contributed by atoms with Crippen LogP contribution in [0.2, 0.25) is 0 Å². The predicted octanol–water partition coefficient (Wildman–Crippen LogP) is 2.92. The minimum Gasteiger partial charge on any atom is -0.375 e. The molecule has 0 spiro atoms. The molecule has 3 heteroatoms. The van der Waals surface area contributed by atoms with Crippen molar-refractivity contribution >= 4 is 11.8 Å². The molecule has 2 atom stereocenters. The maximum absolute atomic E-state index is 5.99. The Balaban J connectivity index is 1.90. The van der Waals surface area contributed by atoms with Crippen molar-refractivity contribution < 1.29 is 4.74 Å². The van der Waals surface area contributed by atoms with Crippen molar-refractivity contribution in [2.45, 2.75) is 51.7 Å². The van der Waals surface area contributed by atoms with E-state index in [4.69, 9.17) is 4.74 Å². The van der Waals surface area contributed by atoms with Crippen LogP contribution in [0.3, 0.4) is 0 Å². The Labute approximate surface area is 110 Å². The van der Waals surface area contributed by atoms with Crippen molar-refractivity contribution in [3.8, 4) is 0 Å². The number of nitrogens with one attached hydrogen (secondary N) is 1. The van der Waals surface area contributed by atoms with Crippen LogP contribution in [-0.4, -0.2) is 36.8 Å². The second kappa shape index (κ2) is 7.01. The summed E-state index contributed by atoms with van der Waals surface area (Å²) in [5, 5.41) is 3.70. The Hall–Kier alpha value is 0.270. The third-order valence-corrected chi connectivity index (χ3v) is 5.27. The van der Waals surface area contributed by atoms with E-state index in [2.05, 4.69) is 30.9 Å². The monoisotopic (exact) mass is 257 g/mol. The average molecular weight is 257 g/mol. The lowest BCUT2D eigenvalue weighted by Gasteiger charge is -2.39. The molecule has 0 aromatic carbocycles. The standard InChI is InChI=1S/C14H27NOS/c1-3-15-14(13-10-17-9-8-16-13)12-6-4-11(2)5-7-12/h11-15H,3-10H2,1-2H3. The average Bonchev–Trinajstić information content (AvgIpc) is 2.38. The Bertz CT molecular complexity index is 210. The van der Waals surface area contributed by atoms with Crippen LogP contribution in [0.15, 0.2) is 0 Å². The molecule has 2 unspecified atom stereocenters. The highest BCUT2D eigenvalue weighted by Crippen LogP contribution is 2.33. The van der Waals surface area contributed by atoms with E-state index in [-0.39, 0.29) is 0 Å². The molecule has 2 nitrogen and oxygen atoms in total. The lowest BCUT2D eigenvalue weighted by atomic mass is 9.78. The summed E-state index contributed by atoms with van der Waals surface area (Å²) in [5.41, 5.74) is 0. The van der Waals surface area contributed by atoms with Gasteiger partial charge in [0.2, 0.25) is 0 Å². The molecule has 0 aromatic heterocycles. The quantitative estimate of drug-likeness (QED) is 0.837. The Morgan fingerprint density at radius 2 is 2.06 bits per heavy atom. The molecule has 2 aliphatic rings. The van der Waals surface area contributed by atoms with Gasteiger partial charge in [0.1, 0.15) is 0 Å². The van der Waals surface area contributed by atoms with Crippen LogP contribution in [0.5, 0.6) is 0 Å². The largest absolute Gasteiger partial charge is 0.375 e. The lowest BCUT2D eigenvalue weighted by Crippen LogP contribution is -2.50. The smallest absolute Gasteiger partial charge is 0.0821 e. The summed E-state index contributed by atoms with van der Waals surface area (Å²) in [4.78, 5) is 0. The fraction of sp³-hybridized carbons (Fsp3) is 1.00. The van der Waals surface area contributed by atoms with Gasteiger partial charge in [0.05, 0.1) is 12.7 Å². The van der Waals surface area contributed by atoms with E-state index in [1.165, 1.54) is 37.2 Å². The van der Waals surface area contributed by atoms with E-state index >= 15 is 0 Å². The van der Waals surface area contributed by atoms with Gasteiger partial charge in [-0.15, -0.1) is 0 Å². The van der Waals surface area contributed by atoms with Crippen LogP contribution in [0.4, 0.5) is 0 Å². The topological polar surface area (TPSA) is 21.3 Å². The zero-order valence-electron chi connectivity index (χ0n) is 11.3. The van der Waals surface area contributed by atoms with Gasteiger partial charge in [0, 0.05) is 17.5 Å². The van der Waals surface area contributed by atoms with Crippen molar-refractivity contribution in [2.75, 3.05) is 24.7 Å². The zero-order valence-corrected chi connectivity index (χ0v) is 12.1. The predicted molar refractivity (Wildman–Crippen MR) is 75.7 cm³/mol. The number of ether oxygens (including phenoxy) is 1. The fourth-order valence-electron chi connectivity index (χ4n) is 3.20. The first-order valence-corrected chi connectivity index (χ1v) is 8.39. The maximum Gasteiger partial charge on any atom is 0.0821 e. The summed E-state index contributed by atoms with van der Waals surface area (Å²) >= 11 is 2.06. The fourth-order valence-corrected chi connectivity index (χ4v) is 4.11. The molecule has 1 saturated carbocycles. The van der Waals surface area contributed by atoms with Gasteiger partial charge in [-0.25, -0.2) is 0 Å². The first kappa shape index (κ1) is 13.7. The van der Waals surface area contributed by atoms with Crippen molar-refractivity contribution in [3.05, 3.63) is 0 Å². The highest BCUT2D eigenvalue weighted by Gasteiger charge is 2.32. The molecular formula is C14H27NOS. The van der Waals surface area contributed by atoms with Gasteiger partial charge < -0.3 is 10.1 Å². The summed E-state index contributed by atoms with van der Waals surface area (Å²) in [5.74, 6) is 4.14. The van der Waals surface area contributed by atoms with Gasteiger partial charge in [-0.2, -0.15) is 11.8 Å². The van der Waals surface area contributed by atoms with Crippen molar-refractivity contribution in [1.29, 1.82) is 0 Å². The summed E-state index contributed by atoms with van der Waals surface area (Å²) in [6.07, 6.45) is 6.05. The van der Waals surface area contributed by atoms with Crippen LogP contribution in [0.1, 0.15) is 39.5 Å². The van der Waals surface area contributed by atoms with E-state index in [9.17, 15) is 0 Å². The van der Waals surface area contributed by atoms with Crippen LogP contribution < -0.4 is 5.32 Å². The first-order valence-electron chi connectivity index (χ1n) is 7.24. The third kappa shape index (κ3) is 3.87. The minimum atomic E-state index is 0.451. The molecule has 0 bridgehead atoms. The molecule has 1 N–H and O–H groups in total. The highest BCUT2D eigenvalue weighted by molar-refractivity contribution is 7.99. The molecular weight excluding hydrogens is 230 g/mol. The van der Waals surface area contributed by atoms with Crippen LogP contribution in [0.25, 0.3) is 0 Å². The molecule has 0 aromatic rings. The molecule has 17 heavy (non-hydrogen) atoms. The zero-order chi connectivity index (χ0) is 12.1. The van der Waals surface area contributed by atoms with E-state index in [0.29, 0.717) is 12.1 Å². The van der Waals surface area contributed by atoms with Gasteiger partial charge in [-0.1, -0.05) is 26.7 Å². The van der Waals surface area contributed by atoms with Gasteiger partial charge in [-0.3, -0.25) is 0 Å². The van der Waals surface area contributed by atoms with E-state index in [1.807, 2.05) is 0 Å². The van der Waals surface area contributed by atoms with Crippen molar-refractivity contribution in [3.63, 3.8) is 0 Å². The Morgan fingerprint density at radius 1 is 1.29 bits per heavy atom. The van der Waals surface area contributed by atoms with Crippen LogP contribution in [-0.2, 0) is 4.74 Å². The summed E-state index contributed by atoms with van der Waals surface area (Å²) in [6, 6.07) is 0.597. The molecule has 0 radical (unpaired) electrons. The van der Waals surface area contributed by atoms with E-state index in [1.54, 1.807) is 0 Å². The number of thioether (sulfide) groups is 1.